The number of hydrogen-bond donors (Lipinski definition) is 2. The molecule has 0 saturated heterocycles. The molecule has 7 nitrogen and oxygen atoms in total. The number of anilines is 1. The smallest absolute Gasteiger partial charge is 0.252 e. The molecule has 0 amide bonds. The Morgan fingerprint density at radius 1 is 1.25 bits per heavy atom. The van der Waals surface area contributed by atoms with Gasteiger partial charge >= 0.3 is 0 Å². The van der Waals surface area contributed by atoms with Gasteiger partial charge in [-0.25, -0.2) is 4.98 Å². The zero-order chi connectivity index (χ0) is 14.1. The van der Waals surface area contributed by atoms with Crippen LogP contribution in [0, 0.1) is 6.92 Å². The van der Waals surface area contributed by atoms with Crippen LogP contribution in [-0.2, 0) is 0 Å². The summed E-state index contributed by atoms with van der Waals surface area (Å²) >= 11 is 0. The van der Waals surface area contributed by atoms with Crippen LogP contribution in [0.25, 0.3) is 17.3 Å². The highest BCUT2D eigenvalue weighted by Gasteiger charge is 2.11. The molecule has 7 heteroatoms. The normalized spacial score (nSPS) is 10.7. The maximum atomic E-state index is 11.5. The number of nitrogens with zero attached hydrogens (tertiary/aromatic N) is 4. The first kappa shape index (κ1) is 12.1. The SMILES string of the molecule is Cc1cc(=O)[nH]c(-n2nc(-c3ccccn3)cc2N)n1. The molecule has 0 aliphatic rings. The molecular weight excluding hydrogens is 256 g/mol. The van der Waals surface area contributed by atoms with Crippen LogP contribution in [0.3, 0.4) is 0 Å². The predicted molar refractivity (Wildman–Crippen MR) is 74.4 cm³/mol. The third-order valence-electron chi connectivity index (χ3n) is 2.72. The van der Waals surface area contributed by atoms with Crippen molar-refractivity contribution >= 4 is 5.82 Å². The molecule has 3 aromatic rings. The summed E-state index contributed by atoms with van der Waals surface area (Å²) in [6.45, 7) is 1.73. The van der Waals surface area contributed by atoms with E-state index in [0.717, 1.165) is 0 Å². The highest BCUT2D eigenvalue weighted by Crippen LogP contribution is 2.19. The van der Waals surface area contributed by atoms with Crippen LogP contribution >= 0.6 is 0 Å². The van der Waals surface area contributed by atoms with E-state index in [1.165, 1.54) is 10.7 Å². The molecule has 0 bridgehead atoms. The molecule has 0 atom stereocenters. The number of H-pyrrole nitrogens is 1. The van der Waals surface area contributed by atoms with Gasteiger partial charge in [0.2, 0.25) is 5.95 Å². The van der Waals surface area contributed by atoms with Crippen molar-refractivity contribution in [3.05, 3.63) is 52.6 Å². The van der Waals surface area contributed by atoms with Gasteiger partial charge in [0.25, 0.3) is 5.56 Å². The van der Waals surface area contributed by atoms with Crippen LogP contribution in [-0.4, -0.2) is 24.7 Å². The maximum absolute atomic E-state index is 11.5. The highest BCUT2D eigenvalue weighted by molar-refractivity contribution is 5.59. The molecule has 20 heavy (non-hydrogen) atoms. The van der Waals surface area contributed by atoms with Crippen LogP contribution in [0.2, 0.25) is 0 Å². The van der Waals surface area contributed by atoms with Gasteiger partial charge in [0.15, 0.2) is 0 Å². The third kappa shape index (κ3) is 2.16. The summed E-state index contributed by atoms with van der Waals surface area (Å²) < 4.78 is 1.39. The van der Waals surface area contributed by atoms with E-state index in [2.05, 4.69) is 20.1 Å². The van der Waals surface area contributed by atoms with Crippen LogP contribution < -0.4 is 11.3 Å². The van der Waals surface area contributed by atoms with Gasteiger partial charge in [-0.05, 0) is 19.1 Å². The van der Waals surface area contributed by atoms with Gasteiger partial charge in [0.05, 0.1) is 5.69 Å². The fourth-order valence-corrected chi connectivity index (χ4v) is 1.87. The quantitative estimate of drug-likeness (QED) is 0.719. The predicted octanol–water partition coefficient (Wildman–Crippen LogP) is 0.908. The summed E-state index contributed by atoms with van der Waals surface area (Å²) in [6.07, 6.45) is 1.68. The van der Waals surface area contributed by atoms with Crippen LogP contribution in [0.15, 0.2) is 41.3 Å². The zero-order valence-corrected chi connectivity index (χ0v) is 10.7. The molecule has 0 fully saturated rings. The molecule has 3 N–H and O–H groups in total. The summed E-state index contributed by atoms with van der Waals surface area (Å²) in [4.78, 5) is 22.5. The third-order valence-corrected chi connectivity index (χ3v) is 2.72. The van der Waals surface area contributed by atoms with E-state index >= 15 is 0 Å². The average Bonchev–Trinajstić information content (AvgIpc) is 2.81. The summed E-state index contributed by atoms with van der Waals surface area (Å²) in [7, 11) is 0. The van der Waals surface area contributed by atoms with E-state index < -0.39 is 0 Å². The Balaban J connectivity index is 2.12. The van der Waals surface area contributed by atoms with E-state index in [4.69, 9.17) is 5.73 Å². The Morgan fingerprint density at radius 2 is 2.10 bits per heavy atom. The number of nitrogens with one attached hydrogen (secondary N) is 1. The second-order valence-corrected chi connectivity index (χ2v) is 4.29. The van der Waals surface area contributed by atoms with Crippen molar-refractivity contribution in [2.24, 2.45) is 0 Å². The standard InChI is InChI=1S/C13H12N6O/c1-8-6-12(20)17-13(16-8)19-11(14)7-10(18-19)9-4-2-3-5-15-9/h2-7H,14H2,1H3,(H,16,17,20). The lowest BCUT2D eigenvalue weighted by Gasteiger charge is -2.02. The van der Waals surface area contributed by atoms with Gasteiger partial charge in [0.1, 0.15) is 11.5 Å². The Hall–Kier alpha value is -2.96. The van der Waals surface area contributed by atoms with Gasteiger partial charge in [-0.15, -0.1) is 0 Å². The molecule has 0 aliphatic carbocycles. The fraction of sp³-hybridized carbons (Fsp3) is 0.0769. The number of aromatic nitrogens is 5. The van der Waals surface area contributed by atoms with E-state index in [9.17, 15) is 4.79 Å². The fourth-order valence-electron chi connectivity index (χ4n) is 1.87. The van der Waals surface area contributed by atoms with E-state index in [0.29, 0.717) is 22.9 Å². The Labute approximate surface area is 114 Å². The Bertz CT molecular complexity index is 805. The number of hydrogen-bond acceptors (Lipinski definition) is 5. The van der Waals surface area contributed by atoms with Crippen molar-refractivity contribution in [3.8, 4) is 17.3 Å². The molecular formula is C13H12N6O. The number of aryl methyl sites for hydroxylation is 1. The monoisotopic (exact) mass is 268 g/mol. The van der Waals surface area contributed by atoms with Crippen molar-refractivity contribution < 1.29 is 0 Å². The van der Waals surface area contributed by atoms with Gasteiger partial charge < -0.3 is 5.73 Å². The van der Waals surface area contributed by atoms with Gasteiger partial charge in [-0.3, -0.25) is 14.8 Å². The first-order valence-corrected chi connectivity index (χ1v) is 5.99. The molecule has 0 radical (unpaired) electrons. The van der Waals surface area contributed by atoms with Crippen LogP contribution in [0.1, 0.15) is 5.69 Å². The van der Waals surface area contributed by atoms with Crippen molar-refractivity contribution in [2.75, 3.05) is 5.73 Å². The van der Waals surface area contributed by atoms with E-state index in [-0.39, 0.29) is 11.5 Å². The molecule has 3 rings (SSSR count). The van der Waals surface area contributed by atoms with E-state index in [1.807, 2.05) is 18.2 Å². The molecule has 3 aromatic heterocycles. The first-order chi connectivity index (χ1) is 9.63. The number of pyridine rings is 1. The molecule has 0 saturated carbocycles. The average molecular weight is 268 g/mol. The van der Waals surface area contributed by atoms with Gasteiger partial charge in [0, 0.05) is 24.0 Å². The summed E-state index contributed by atoms with van der Waals surface area (Å²) in [5.74, 6) is 0.661. The van der Waals surface area contributed by atoms with Crippen LogP contribution in [0.5, 0.6) is 0 Å². The van der Waals surface area contributed by atoms with E-state index in [1.54, 1.807) is 19.2 Å². The molecule has 0 unspecified atom stereocenters. The summed E-state index contributed by atoms with van der Waals surface area (Å²) in [5.41, 5.74) is 7.59. The molecule has 100 valence electrons. The lowest BCUT2D eigenvalue weighted by atomic mass is 10.3. The van der Waals surface area contributed by atoms with Crippen molar-refractivity contribution in [3.63, 3.8) is 0 Å². The minimum Gasteiger partial charge on any atom is -0.383 e. The molecule has 0 aromatic carbocycles. The lowest BCUT2D eigenvalue weighted by molar-refractivity contribution is 0.804. The number of nitrogens with two attached hydrogens (primary N) is 1. The summed E-state index contributed by atoms with van der Waals surface area (Å²) in [5, 5.41) is 4.33. The minimum absolute atomic E-state index is 0.248. The second kappa shape index (κ2) is 4.61. The molecule has 0 spiro atoms. The minimum atomic E-state index is -0.248. The topological polar surface area (TPSA) is 102 Å². The summed E-state index contributed by atoms with van der Waals surface area (Å²) in [6, 6.07) is 8.61. The number of rotatable bonds is 2. The highest BCUT2D eigenvalue weighted by atomic mass is 16.1. The van der Waals surface area contributed by atoms with Crippen molar-refractivity contribution in [1.29, 1.82) is 0 Å². The van der Waals surface area contributed by atoms with Gasteiger partial charge in [-0.2, -0.15) is 9.78 Å². The molecule has 3 heterocycles. The largest absolute Gasteiger partial charge is 0.383 e. The Kier molecular flexibility index (Phi) is 2.79. The van der Waals surface area contributed by atoms with Crippen molar-refractivity contribution in [1.82, 2.24) is 24.7 Å². The first-order valence-electron chi connectivity index (χ1n) is 5.99. The Morgan fingerprint density at radius 3 is 2.80 bits per heavy atom. The number of nitrogen functional groups attached to an aromatic ring is 1. The number of aromatic amines is 1. The maximum Gasteiger partial charge on any atom is 0.252 e. The van der Waals surface area contributed by atoms with Crippen molar-refractivity contribution in [2.45, 2.75) is 6.92 Å². The lowest BCUT2D eigenvalue weighted by Crippen LogP contribution is -2.15. The second-order valence-electron chi connectivity index (χ2n) is 4.29. The molecule has 0 aliphatic heterocycles. The zero-order valence-electron chi connectivity index (χ0n) is 10.7. The van der Waals surface area contributed by atoms with Gasteiger partial charge in [-0.1, -0.05) is 6.07 Å². The van der Waals surface area contributed by atoms with Crippen LogP contribution in [0.4, 0.5) is 5.82 Å².